The Bertz CT molecular complexity index is 863. The number of rotatable bonds is 3. The summed E-state index contributed by atoms with van der Waals surface area (Å²) in [6.07, 6.45) is 5.95. The van der Waals surface area contributed by atoms with Crippen molar-refractivity contribution in [2.75, 3.05) is 0 Å². The van der Waals surface area contributed by atoms with Gasteiger partial charge >= 0.3 is 5.97 Å². The molecule has 4 saturated carbocycles. The zero-order valence-electron chi connectivity index (χ0n) is 14.7. The standard InChI is InChI=1S/C22H24O4/c23-20(24)18-8-16-3-1-2-4-17(16)9-19(18)22(25,26)21-10-13-5-14(11-21)7-15(6-13)12-21/h1-4,8-9,13-15,25-26H,5-7,10-12H2,(H,23,24). The third-order valence-electron chi connectivity index (χ3n) is 7.27. The van der Waals surface area contributed by atoms with Crippen LogP contribution in [0.1, 0.15) is 54.4 Å². The van der Waals surface area contributed by atoms with E-state index in [1.807, 2.05) is 24.3 Å². The first-order chi connectivity index (χ1) is 12.4. The number of aliphatic hydroxyl groups is 2. The maximum absolute atomic E-state index is 11.9. The summed E-state index contributed by atoms with van der Waals surface area (Å²) < 4.78 is 0. The van der Waals surface area contributed by atoms with Gasteiger partial charge in [-0.25, -0.2) is 4.79 Å². The lowest BCUT2D eigenvalue weighted by Gasteiger charge is -2.60. The third kappa shape index (κ3) is 2.18. The fourth-order valence-corrected chi connectivity index (χ4v) is 6.53. The van der Waals surface area contributed by atoms with Gasteiger partial charge in [-0.15, -0.1) is 0 Å². The highest BCUT2D eigenvalue weighted by Gasteiger charge is 2.61. The van der Waals surface area contributed by atoms with E-state index in [1.54, 1.807) is 12.1 Å². The Morgan fingerprint density at radius 1 is 0.923 bits per heavy atom. The molecule has 4 nitrogen and oxygen atoms in total. The summed E-state index contributed by atoms with van der Waals surface area (Å²) in [5.74, 6) is -1.57. The maximum Gasteiger partial charge on any atom is 0.336 e. The Morgan fingerprint density at radius 3 is 1.92 bits per heavy atom. The minimum absolute atomic E-state index is 0.00412. The lowest BCUT2D eigenvalue weighted by atomic mass is 9.46. The number of benzene rings is 2. The molecule has 4 bridgehead atoms. The average Bonchev–Trinajstić information content (AvgIpc) is 2.59. The van der Waals surface area contributed by atoms with Gasteiger partial charge in [-0.1, -0.05) is 24.3 Å². The van der Waals surface area contributed by atoms with Gasteiger partial charge in [0.1, 0.15) is 0 Å². The van der Waals surface area contributed by atoms with E-state index in [-0.39, 0.29) is 11.1 Å². The summed E-state index contributed by atoms with van der Waals surface area (Å²) in [5, 5.41) is 34.3. The van der Waals surface area contributed by atoms with E-state index in [0.717, 1.165) is 30.0 Å². The molecule has 0 radical (unpaired) electrons. The first-order valence-corrected chi connectivity index (χ1v) is 9.59. The molecular weight excluding hydrogens is 328 g/mol. The SMILES string of the molecule is O=C(O)c1cc2ccccc2cc1C(O)(O)C12CC3CC(CC(C3)C1)C2. The van der Waals surface area contributed by atoms with E-state index >= 15 is 0 Å². The molecule has 4 heteroatoms. The van der Waals surface area contributed by atoms with Crippen molar-refractivity contribution in [3.63, 3.8) is 0 Å². The highest BCUT2D eigenvalue weighted by molar-refractivity contribution is 5.96. The smallest absolute Gasteiger partial charge is 0.336 e. The van der Waals surface area contributed by atoms with E-state index < -0.39 is 17.2 Å². The number of aromatic carboxylic acids is 1. The average molecular weight is 352 g/mol. The van der Waals surface area contributed by atoms with Crippen LogP contribution in [0.5, 0.6) is 0 Å². The van der Waals surface area contributed by atoms with Crippen LogP contribution in [0.3, 0.4) is 0 Å². The van der Waals surface area contributed by atoms with Crippen molar-refractivity contribution in [1.82, 2.24) is 0 Å². The molecule has 0 atom stereocenters. The molecule has 2 aromatic carbocycles. The predicted octanol–water partition coefficient (Wildman–Crippen LogP) is 3.89. The lowest BCUT2D eigenvalue weighted by Crippen LogP contribution is -2.57. The summed E-state index contributed by atoms with van der Waals surface area (Å²) in [7, 11) is 0. The van der Waals surface area contributed by atoms with Crippen LogP contribution in [-0.4, -0.2) is 21.3 Å². The van der Waals surface area contributed by atoms with Crippen molar-refractivity contribution in [2.24, 2.45) is 23.2 Å². The minimum atomic E-state index is -2.11. The van der Waals surface area contributed by atoms with Gasteiger partial charge in [-0.3, -0.25) is 0 Å². The van der Waals surface area contributed by atoms with Crippen LogP contribution in [0.4, 0.5) is 0 Å². The minimum Gasteiger partial charge on any atom is -0.478 e. The summed E-state index contributed by atoms with van der Waals surface area (Å²) in [6.45, 7) is 0. The van der Waals surface area contributed by atoms with Gasteiger partial charge in [-0.05, 0) is 79.2 Å². The van der Waals surface area contributed by atoms with Crippen LogP contribution in [0.15, 0.2) is 36.4 Å². The molecule has 4 fully saturated rings. The zero-order chi connectivity index (χ0) is 18.1. The van der Waals surface area contributed by atoms with E-state index in [4.69, 9.17) is 0 Å². The van der Waals surface area contributed by atoms with Crippen molar-refractivity contribution in [2.45, 2.75) is 44.3 Å². The van der Waals surface area contributed by atoms with E-state index in [0.29, 0.717) is 17.8 Å². The second kappa shape index (κ2) is 5.30. The molecule has 0 amide bonds. The molecule has 3 N–H and O–H groups in total. The van der Waals surface area contributed by atoms with Crippen LogP contribution in [-0.2, 0) is 5.79 Å². The first-order valence-electron chi connectivity index (χ1n) is 9.59. The Labute approximate surface area is 152 Å². The summed E-state index contributed by atoms with van der Waals surface area (Å²) in [5.41, 5.74) is -0.455. The van der Waals surface area contributed by atoms with Gasteiger partial charge < -0.3 is 15.3 Å². The number of fused-ring (bicyclic) bond motifs is 1. The lowest BCUT2D eigenvalue weighted by molar-refractivity contribution is -0.296. The summed E-state index contributed by atoms with van der Waals surface area (Å²) in [4.78, 5) is 11.9. The molecule has 26 heavy (non-hydrogen) atoms. The molecule has 4 aliphatic rings. The summed E-state index contributed by atoms with van der Waals surface area (Å²) >= 11 is 0. The van der Waals surface area contributed by atoms with Gasteiger partial charge in [0.2, 0.25) is 0 Å². The molecule has 6 rings (SSSR count). The predicted molar refractivity (Wildman–Crippen MR) is 97.6 cm³/mol. The van der Waals surface area contributed by atoms with Gasteiger partial charge in [0, 0.05) is 11.0 Å². The summed E-state index contributed by atoms with van der Waals surface area (Å²) in [6, 6.07) is 10.7. The fraction of sp³-hybridized carbons (Fsp3) is 0.500. The number of hydrogen-bond acceptors (Lipinski definition) is 3. The quantitative estimate of drug-likeness (QED) is 0.732. The van der Waals surface area contributed by atoms with Crippen LogP contribution >= 0.6 is 0 Å². The molecule has 0 aliphatic heterocycles. The van der Waals surface area contributed by atoms with Crippen molar-refractivity contribution in [1.29, 1.82) is 0 Å². The van der Waals surface area contributed by atoms with Gasteiger partial charge in [0.05, 0.1) is 5.56 Å². The van der Waals surface area contributed by atoms with Crippen molar-refractivity contribution in [3.8, 4) is 0 Å². The molecule has 0 saturated heterocycles. The maximum atomic E-state index is 11.9. The zero-order valence-corrected chi connectivity index (χ0v) is 14.7. The Hall–Kier alpha value is -1.91. The Kier molecular flexibility index (Phi) is 3.32. The first kappa shape index (κ1) is 16.3. The normalized spacial score (nSPS) is 32.9. The van der Waals surface area contributed by atoms with Crippen LogP contribution in [0, 0.1) is 23.2 Å². The van der Waals surface area contributed by atoms with Gasteiger partial charge in [0.25, 0.3) is 0 Å². The topological polar surface area (TPSA) is 77.8 Å². The van der Waals surface area contributed by atoms with E-state index in [9.17, 15) is 20.1 Å². The molecule has 136 valence electrons. The molecule has 0 spiro atoms. The van der Waals surface area contributed by atoms with E-state index in [2.05, 4.69) is 0 Å². The molecule has 0 unspecified atom stereocenters. The van der Waals surface area contributed by atoms with Gasteiger partial charge in [0.15, 0.2) is 5.79 Å². The Morgan fingerprint density at radius 2 is 1.42 bits per heavy atom. The van der Waals surface area contributed by atoms with E-state index in [1.165, 1.54) is 19.3 Å². The number of carbonyl (C=O) groups is 1. The third-order valence-corrected chi connectivity index (χ3v) is 7.27. The van der Waals surface area contributed by atoms with Crippen molar-refractivity contribution < 1.29 is 20.1 Å². The number of hydrogen-bond donors (Lipinski definition) is 3. The molecule has 2 aromatic rings. The molecular formula is C22H24O4. The highest BCUT2D eigenvalue weighted by Crippen LogP contribution is 2.65. The van der Waals surface area contributed by atoms with Crippen LogP contribution in [0.25, 0.3) is 10.8 Å². The molecule has 4 aliphatic carbocycles. The second-order valence-electron chi connectivity index (χ2n) is 8.92. The largest absolute Gasteiger partial charge is 0.478 e. The number of carboxylic acid groups (broad SMARTS) is 1. The van der Waals surface area contributed by atoms with Crippen molar-refractivity contribution >= 4 is 16.7 Å². The fourth-order valence-electron chi connectivity index (χ4n) is 6.53. The van der Waals surface area contributed by atoms with Crippen molar-refractivity contribution in [3.05, 3.63) is 47.5 Å². The van der Waals surface area contributed by atoms with Gasteiger partial charge in [-0.2, -0.15) is 0 Å². The second-order valence-corrected chi connectivity index (χ2v) is 8.92. The number of carboxylic acids is 1. The van der Waals surface area contributed by atoms with Crippen LogP contribution in [0.2, 0.25) is 0 Å². The Balaban J connectivity index is 1.68. The highest BCUT2D eigenvalue weighted by atomic mass is 16.5. The molecule has 0 aromatic heterocycles. The van der Waals surface area contributed by atoms with Crippen LogP contribution < -0.4 is 0 Å². The monoisotopic (exact) mass is 352 g/mol. The molecule has 0 heterocycles.